The van der Waals surface area contributed by atoms with Gasteiger partial charge in [0.05, 0.1) is 17.1 Å². The predicted molar refractivity (Wildman–Crippen MR) is 139 cm³/mol. The minimum absolute atomic E-state index is 0.0747. The highest BCUT2D eigenvalue weighted by molar-refractivity contribution is 5.83. The molecular weight excluding hydrogens is 460 g/mol. The Hall–Kier alpha value is -4.01. The molecule has 4 aromatic rings. The summed E-state index contributed by atoms with van der Waals surface area (Å²) in [6.07, 6.45) is 2.05. The molecule has 188 valence electrons. The lowest BCUT2D eigenvalue weighted by molar-refractivity contribution is 0.274. The Morgan fingerprint density at radius 2 is 1.78 bits per heavy atom. The van der Waals surface area contributed by atoms with Crippen LogP contribution in [0, 0.1) is 12.3 Å². The van der Waals surface area contributed by atoms with Crippen LogP contribution in [0.1, 0.15) is 50.8 Å². The molecule has 9 nitrogen and oxygen atoms in total. The number of H-pyrrole nitrogens is 1. The number of anilines is 2. The number of aryl methyl sites for hydroxylation is 1. The van der Waals surface area contributed by atoms with Gasteiger partial charge in [-0.3, -0.25) is 4.79 Å². The van der Waals surface area contributed by atoms with Crippen molar-refractivity contribution in [1.29, 1.82) is 0 Å². The van der Waals surface area contributed by atoms with Gasteiger partial charge in [-0.05, 0) is 55.9 Å². The van der Waals surface area contributed by atoms with Crippen molar-refractivity contribution in [3.63, 3.8) is 0 Å². The molecule has 1 fully saturated rings. The first-order chi connectivity index (χ1) is 17.1. The first-order valence-corrected chi connectivity index (χ1v) is 12.1. The molecule has 0 spiro atoms. The Kier molecular flexibility index (Phi) is 5.86. The molecule has 0 unspecified atom stereocenters. The molecule has 0 bridgehead atoms. The van der Waals surface area contributed by atoms with Crippen molar-refractivity contribution in [1.82, 2.24) is 9.72 Å². The molecule has 0 amide bonds. The third kappa shape index (κ3) is 4.48. The van der Waals surface area contributed by atoms with E-state index < -0.39 is 11.4 Å². The van der Waals surface area contributed by atoms with Gasteiger partial charge in [-0.1, -0.05) is 32.0 Å². The van der Waals surface area contributed by atoms with Crippen LogP contribution in [0.5, 0.6) is 0 Å². The van der Waals surface area contributed by atoms with Crippen molar-refractivity contribution >= 4 is 22.5 Å². The average molecular weight is 491 g/mol. The molecule has 0 radical (unpaired) electrons. The molecule has 1 aliphatic heterocycles. The minimum atomic E-state index is -0.831. The highest BCUT2D eigenvalue weighted by Gasteiger charge is 2.27. The zero-order valence-corrected chi connectivity index (χ0v) is 20.9. The van der Waals surface area contributed by atoms with Crippen molar-refractivity contribution < 1.29 is 8.94 Å². The van der Waals surface area contributed by atoms with Gasteiger partial charge >= 0.3 is 11.4 Å². The Morgan fingerprint density at radius 1 is 1.06 bits per heavy atom. The van der Waals surface area contributed by atoms with E-state index in [1.807, 2.05) is 32.0 Å². The van der Waals surface area contributed by atoms with Gasteiger partial charge in [0.15, 0.2) is 11.3 Å². The lowest BCUT2D eigenvalue weighted by Gasteiger charge is -2.37. The molecule has 36 heavy (non-hydrogen) atoms. The van der Waals surface area contributed by atoms with Crippen LogP contribution in [0.15, 0.2) is 65.8 Å². The van der Waals surface area contributed by atoms with Crippen LogP contribution >= 0.6 is 0 Å². The van der Waals surface area contributed by atoms with Crippen LogP contribution in [0.4, 0.5) is 11.6 Å². The second-order valence-corrected chi connectivity index (χ2v) is 10.3. The fraction of sp³-hybridized carbons (Fsp3) is 0.370. The number of piperidine rings is 1. The second-order valence-electron chi connectivity index (χ2n) is 10.3. The van der Waals surface area contributed by atoms with E-state index in [9.17, 15) is 14.4 Å². The number of hydrogen-bond acceptors (Lipinski definition) is 7. The molecule has 5 rings (SSSR count). The van der Waals surface area contributed by atoms with Crippen molar-refractivity contribution in [3.05, 3.63) is 84.8 Å². The number of nitrogens with zero attached hydrogens (tertiary/aromatic N) is 2. The summed E-state index contributed by atoms with van der Waals surface area (Å²) in [6.45, 7) is 10.1. The Bertz CT molecular complexity index is 1600. The van der Waals surface area contributed by atoms with E-state index in [0.717, 1.165) is 41.8 Å². The Balaban J connectivity index is 1.55. The summed E-state index contributed by atoms with van der Waals surface area (Å²) < 4.78 is 12.3. The highest BCUT2D eigenvalue weighted by Crippen LogP contribution is 2.35. The lowest BCUT2D eigenvalue weighted by atomic mass is 9.83. The summed E-state index contributed by atoms with van der Waals surface area (Å²) >= 11 is 0. The van der Waals surface area contributed by atoms with E-state index in [1.165, 1.54) is 0 Å². The Morgan fingerprint density at radius 3 is 2.47 bits per heavy atom. The predicted octanol–water partition coefficient (Wildman–Crippen LogP) is 4.33. The maximum Gasteiger partial charge on any atom is 0.440 e. The maximum absolute atomic E-state index is 13.1. The third-order valence-electron chi connectivity index (χ3n) is 6.95. The molecule has 0 aliphatic carbocycles. The number of nitrogens with one attached hydrogen (secondary N) is 2. The molecular formula is C27H30N4O5. The summed E-state index contributed by atoms with van der Waals surface area (Å²) in [4.78, 5) is 41.1. The monoisotopic (exact) mass is 490 g/mol. The van der Waals surface area contributed by atoms with Gasteiger partial charge in [-0.25, -0.2) is 14.6 Å². The van der Waals surface area contributed by atoms with E-state index in [1.54, 1.807) is 24.3 Å². The van der Waals surface area contributed by atoms with E-state index in [-0.39, 0.29) is 16.9 Å². The summed E-state index contributed by atoms with van der Waals surface area (Å²) in [5.74, 6) is -0.246. The number of aromatic nitrogens is 2. The normalized spacial score (nSPS) is 16.3. The van der Waals surface area contributed by atoms with Crippen molar-refractivity contribution in [2.45, 2.75) is 46.6 Å². The van der Waals surface area contributed by atoms with Gasteiger partial charge in [0.25, 0.3) is 0 Å². The molecule has 2 aromatic carbocycles. The van der Waals surface area contributed by atoms with Crippen molar-refractivity contribution in [2.24, 2.45) is 5.41 Å². The van der Waals surface area contributed by atoms with Gasteiger partial charge in [-0.15, -0.1) is 4.74 Å². The number of aromatic amines is 1. The van der Waals surface area contributed by atoms with E-state index in [2.05, 4.69) is 29.0 Å². The van der Waals surface area contributed by atoms with Crippen molar-refractivity contribution in [3.8, 4) is 5.69 Å². The highest BCUT2D eigenvalue weighted by atomic mass is 16.5. The molecule has 3 heterocycles. The van der Waals surface area contributed by atoms with Gasteiger partial charge in [0.2, 0.25) is 0 Å². The van der Waals surface area contributed by atoms with Gasteiger partial charge < -0.3 is 19.2 Å². The van der Waals surface area contributed by atoms with Gasteiger partial charge in [-0.2, -0.15) is 0 Å². The van der Waals surface area contributed by atoms with Crippen molar-refractivity contribution in [2.75, 3.05) is 23.3 Å². The topological polar surface area (TPSA) is 113 Å². The Labute approximate surface area is 207 Å². The van der Waals surface area contributed by atoms with Gasteiger partial charge in [0, 0.05) is 24.7 Å². The van der Waals surface area contributed by atoms with Crippen LogP contribution in [0.3, 0.4) is 0 Å². The van der Waals surface area contributed by atoms with E-state index in [0.29, 0.717) is 28.2 Å². The molecule has 2 N–H and O–H groups in total. The van der Waals surface area contributed by atoms with E-state index in [4.69, 9.17) is 8.94 Å². The quantitative estimate of drug-likeness (QED) is 0.428. The SMILES string of the molecule is Cc1cc([C@@H](C)Nc2ccccc2-n2oc(=O)[nH]c2=O)c2oc(N3CCC(C)(C)CC3)cc(=O)c2c1. The zero-order valence-electron chi connectivity index (χ0n) is 20.9. The van der Waals surface area contributed by atoms with Crippen LogP contribution < -0.4 is 27.1 Å². The fourth-order valence-corrected chi connectivity index (χ4v) is 4.76. The second kappa shape index (κ2) is 8.89. The number of para-hydroxylation sites is 2. The molecule has 1 atom stereocenters. The van der Waals surface area contributed by atoms with Gasteiger partial charge in [0.1, 0.15) is 11.3 Å². The number of hydrogen-bond donors (Lipinski definition) is 2. The first-order valence-electron chi connectivity index (χ1n) is 12.1. The molecule has 9 heteroatoms. The third-order valence-corrected chi connectivity index (χ3v) is 6.95. The fourth-order valence-electron chi connectivity index (χ4n) is 4.76. The standard InChI is InChI=1S/C27H30N4O5/c1-16-13-18(17(2)28-20-7-5-6-8-21(20)31-25(33)29-26(34)36-31)24-19(14-16)22(32)15-23(35-24)30-11-9-27(3,4)10-12-30/h5-8,13-15,17,28H,9-12H2,1-4H3,(H,29,33,34)/t17-/m1/s1. The van der Waals surface area contributed by atoms with Crippen LogP contribution in [-0.2, 0) is 0 Å². The molecule has 1 saturated heterocycles. The number of rotatable bonds is 5. The number of fused-ring (bicyclic) bond motifs is 1. The first kappa shape index (κ1) is 23.7. The molecule has 1 aliphatic rings. The summed E-state index contributed by atoms with van der Waals surface area (Å²) in [5, 5.41) is 3.93. The molecule has 2 aromatic heterocycles. The number of benzene rings is 2. The van der Waals surface area contributed by atoms with E-state index >= 15 is 0 Å². The van der Waals surface area contributed by atoms with Crippen LogP contribution in [0.25, 0.3) is 16.7 Å². The lowest BCUT2D eigenvalue weighted by Crippen LogP contribution is -2.37. The smallest absolute Gasteiger partial charge is 0.440 e. The summed E-state index contributed by atoms with van der Waals surface area (Å²) in [5.41, 5.74) is 2.81. The van der Waals surface area contributed by atoms with Crippen LogP contribution in [-0.4, -0.2) is 22.8 Å². The molecule has 0 saturated carbocycles. The maximum atomic E-state index is 13.1. The average Bonchev–Trinajstić information content (AvgIpc) is 3.16. The summed E-state index contributed by atoms with van der Waals surface area (Å²) in [6, 6.07) is 12.2. The summed E-state index contributed by atoms with van der Waals surface area (Å²) in [7, 11) is 0. The van der Waals surface area contributed by atoms with Crippen LogP contribution in [0.2, 0.25) is 0 Å². The minimum Gasteiger partial charge on any atom is -0.440 e. The zero-order chi connectivity index (χ0) is 25.6. The largest absolute Gasteiger partial charge is 0.440 e.